The molecule has 0 aliphatic carbocycles. The van der Waals surface area contributed by atoms with Gasteiger partial charge in [-0.05, 0) is 55.3 Å². The maximum Gasteiger partial charge on any atom is 0.246 e. The molecule has 1 atom stereocenters. The van der Waals surface area contributed by atoms with Crippen molar-refractivity contribution in [2.75, 3.05) is 18.4 Å². The number of rotatable bonds is 6. The van der Waals surface area contributed by atoms with E-state index in [9.17, 15) is 4.79 Å². The number of ether oxygens (including phenoxy) is 1. The largest absolute Gasteiger partial charge is 0.457 e. The minimum atomic E-state index is -0.0483. The number of amides is 1. The number of nitrogens with zero attached hydrogens (tertiary/aromatic N) is 5. The molecular formula is C25H24N6O2. The van der Waals surface area contributed by atoms with Gasteiger partial charge in [0, 0.05) is 18.8 Å². The third-order valence-electron chi connectivity index (χ3n) is 5.72. The summed E-state index contributed by atoms with van der Waals surface area (Å²) in [5.41, 5.74) is 1.62. The zero-order valence-corrected chi connectivity index (χ0v) is 18.1. The molecule has 8 nitrogen and oxygen atoms in total. The van der Waals surface area contributed by atoms with Crippen LogP contribution in [0.25, 0.3) is 11.0 Å². The number of nitrogens with one attached hydrogen (secondary N) is 1. The monoisotopic (exact) mass is 440 g/mol. The normalized spacial score (nSPS) is 15.9. The van der Waals surface area contributed by atoms with Crippen molar-refractivity contribution in [2.24, 2.45) is 0 Å². The van der Waals surface area contributed by atoms with Crippen LogP contribution in [0.4, 0.5) is 11.5 Å². The molecule has 33 heavy (non-hydrogen) atoms. The number of anilines is 2. The zero-order chi connectivity index (χ0) is 22.6. The third kappa shape index (κ3) is 4.41. The first-order valence-electron chi connectivity index (χ1n) is 10.9. The van der Waals surface area contributed by atoms with Crippen molar-refractivity contribution in [3.05, 3.63) is 79.8 Å². The van der Waals surface area contributed by atoms with Crippen molar-refractivity contribution < 1.29 is 9.53 Å². The number of likely N-dealkylation sites (tertiary alicyclic amines) is 1. The molecule has 0 radical (unpaired) electrons. The van der Waals surface area contributed by atoms with Gasteiger partial charge in [-0.25, -0.2) is 14.6 Å². The second-order valence-corrected chi connectivity index (χ2v) is 7.90. The molecule has 1 saturated heterocycles. The average Bonchev–Trinajstić information content (AvgIpc) is 3.31. The summed E-state index contributed by atoms with van der Waals surface area (Å²) in [6.07, 6.45) is 6.53. The predicted octanol–water partition coefficient (Wildman–Crippen LogP) is 4.71. The number of carbonyl (C=O) groups excluding carboxylic acids is 1. The number of aromatic nitrogens is 4. The van der Waals surface area contributed by atoms with Crippen LogP contribution >= 0.6 is 0 Å². The molecule has 166 valence electrons. The van der Waals surface area contributed by atoms with Crippen LogP contribution in [0.2, 0.25) is 0 Å². The van der Waals surface area contributed by atoms with Crippen LogP contribution in [-0.4, -0.2) is 43.6 Å². The fraction of sp³-hybridized carbons (Fsp3) is 0.200. The standard InChI is InChI=1S/C25H24N6O2/c1-2-23(32)30-14-6-7-19(16-30)31-25-22(15-28-31)24(26-17-27-25)29-18-10-12-21(13-11-18)33-20-8-4-3-5-9-20/h2-5,8-13,15,17,19H,1,6-7,14,16H2,(H,26,27,29)/t19-/m1/s1. The molecule has 1 aliphatic rings. The van der Waals surface area contributed by atoms with Gasteiger partial charge in [-0.15, -0.1) is 0 Å². The molecule has 5 rings (SSSR count). The van der Waals surface area contributed by atoms with E-state index < -0.39 is 0 Å². The molecule has 1 fully saturated rings. The fourth-order valence-corrected chi connectivity index (χ4v) is 4.08. The molecule has 3 heterocycles. The van der Waals surface area contributed by atoms with E-state index in [1.165, 1.54) is 12.4 Å². The number of hydrogen-bond acceptors (Lipinski definition) is 6. The van der Waals surface area contributed by atoms with Gasteiger partial charge in [-0.2, -0.15) is 5.10 Å². The Labute approximate surface area is 191 Å². The van der Waals surface area contributed by atoms with E-state index in [-0.39, 0.29) is 11.9 Å². The lowest BCUT2D eigenvalue weighted by molar-refractivity contribution is -0.127. The van der Waals surface area contributed by atoms with Crippen LogP contribution in [0.1, 0.15) is 18.9 Å². The van der Waals surface area contributed by atoms with E-state index in [1.54, 1.807) is 6.20 Å². The van der Waals surface area contributed by atoms with E-state index >= 15 is 0 Å². The van der Waals surface area contributed by atoms with Gasteiger partial charge >= 0.3 is 0 Å². The molecule has 0 saturated carbocycles. The van der Waals surface area contributed by atoms with E-state index in [0.29, 0.717) is 12.4 Å². The van der Waals surface area contributed by atoms with Crippen LogP contribution in [0.15, 0.2) is 79.8 Å². The van der Waals surface area contributed by atoms with E-state index in [0.717, 1.165) is 47.6 Å². The van der Waals surface area contributed by atoms with Crippen LogP contribution in [0.3, 0.4) is 0 Å². The first kappa shape index (κ1) is 20.7. The number of piperidine rings is 1. The number of benzene rings is 2. The second kappa shape index (κ2) is 9.12. The van der Waals surface area contributed by atoms with Gasteiger partial charge in [0.05, 0.1) is 17.6 Å². The first-order chi connectivity index (χ1) is 16.2. The smallest absolute Gasteiger partial charge is 0.246 e. The van der Waals surface area contributed by atoms with Crippen LogP contribution < -0.4 is 10.1 Å². The number of fused-ring (bicyclic) bond motifs is 1. The maximum atomic E-state index is 12.1. The van der Waals surface area contributed by atoms with Crippen molar-refractivity contribution >= 4 is 28.4 Å². The second-order valence-electron chi connectivity index (χ2n) is 7.90. The molecule has 1 N–H and O–H groups in total. The first-order valence-corrected chi connectivity index (χ1v) is 10.9. The molecule has 8 heteroatoms. The minimum Gasteiger partial charge on any atom is -0.457 e. The minimum absolute atomic E-state index is 0.0483. The van der Waals surface area contributed by atoms with Gasteiger partial charge in [-0.3, -0.25) is 4.79 Å². The zero-order valence-electron chi connectivity index (χ0n) is 18.1. The van der Waals surface area contributed by atoms with E-state index in [1.807, 2.05) is 64.2 Å². The Morgan fingerprint density at radius 3 is 2.67 bits per heavy atom. The third-order valence-corrected chi connectivity index (χ3v) is 5.72. The van der Waals surface area contributed by atoms with Gasteiger partial charge in [0.1, 0.15) is 23.6 Å². The van der Waals surface area contributed by atoms with Crippen LogP contribution in [0, 0.1) is 0 Å². The maximum absolute atomic E-state index is 12.1. The summed E-state index contributed by atoms with van der Waals surface area (Å²) >= 11 is 0. The lowest BCUT2D eigenvalue weighted by Gasteiger charge is -2.32. The van der Waals surface area contributed by atoms with Crippen molar-refractivity contribution in [1.82, 2.24) is 24.6 Å². The fourth-order valence-electron chi connectivity index (χ4n) is 4.08. The summed E-state index contributed by atoms with van der Waals surface area (Å²) in [5, 5.41) is 8.77. The van der Waals surface area contributed by atoms with Gasteiger partial charge in [0.15, 0.2) is 5.65 Å². The number of hydrogen-bond donors (Lipinski definition) is 1. The van der Waals surface area contributed by atoms with Gasteiger partial charge in [0.25, 0.3) is 0 Å². The Kier molecular flexibility index (Phi) is 5.72. The molecular weight excluding hydrogens is 416 g/mol. The summed E-state index contributed by atoms with van der Waals surface area (Å²) in [4.78, 5) is 22.8. The summed E-state index contributed by atoms with van der Waals surface area (Å²) < 4.78 is 7.76. The highest BCUT2D eigenvalue weighted by molar-refractivity contribution is 5.88. The highest BCUT2D eigenvalue weighted by atomic mass is 16.5. The molecule has 1 aliphatic heterocycles. The molecule has 0 bridgehead atoms. The Bertz CT molecular complexity index is 1270. The number of para-hydroxylation sites is 1. The van der Waals surface area contributed by atoms with Crippen LogP contribution in [0.5, 0.6) is 11.5 Å². The van der Waals surface area contributed by atoms with Crippen molar-refractivity contribution in [3.8, 4) is 11.5 Å². The molecule has 4 aromatic rings. The lowest BCUT2D eigenvalue weighted by atomic mass is 10.1. The summed E-state index contributed by atoms with van der Waals surface area (Å²) in [6.45, 7) is 4.94. The van der Waals surface area contributed by atoms with Crippen molar-refractivity contribution in [3.63, 3.8) is 0 Å². The quantitative estimate of drug-likeness (QED) is 0.437. The summed E-state index contributed by atoms with van der Waals surface area (Å²) in [7, 11) is 0. The highest BCUT2D eigenvalue weighted by Crippen LogP contribution is 2.29. The molecule has 2 aromatic heterocycles. The Balaban J connectivity index is 1.34. The van der Waals surface area contributed by atoms with E-state index in [4.69, 9.17) is 4.74 Å². The molecule has 0 unspecified atom stereocenters. The topological polar surface area (TPSA) is 85.2 Å². The van der Waals surface area contributed by atoms with Crippen molar-refractivity contribution in [2.45, 2.75) is 18.9 Å². The lowest BCUT2D eigenvalue weighted by Crippen LogP contribution is -2.40. The van der Waals surface area contributed by atoms with Crippen molar-refractivity contribution in [1.29, 1.82) is 0 Å². The molecule has 0 spiro atoms. The predicted molar refractivity (Wildman–Crippen MR) is 127 cm³/mol. The van der Waals surface area contributed by atoms with Gasteiger partial charge in [0.2, 0.25) is 5.91 Å². The number of carbonyl (C=O) groups is 1. The van der Waals surface area contributed by atoms with Gasteiger partial charge in [-0.1, -0.05) is 24.8 Å². The highest BCUT2D eigenvalue weighted by Gasteiger charge is 2.26. The molecule has 1 amide bonds. The Morgan fingerprint density at radius 2 is 1.88 bits per heavy atom. The Hall–Kier alpha value is -4.20. The SMILES string of the molecule is C=CC(=O)N1CCC[C@@H](n2ncc3c(Nc4ccc(Oc5ccccc5)cc4)ncnc32)C1. The average molecular weight is 441 g/mol. The van der Waals surface area contributed by atoms with Gasteiger partial charge < -0.3 is 15.0 Å². The van der Waals surface area contributed by atoms with E-state index in [2.05, 4.69) is 27.0 Å². The summed E-state index contributed by atoms with van der Waals surface area (Å²) in [5.74, 6) is 2.17. The molecule has 2 aromatic carbocycles. The van der Waals surface area contributed by atoms with Crippen LogP contribution in [-0.2, 0) is 4.79 Å². The summed E-state index contributed by atoms with van der Waals surface area (Å²) in [6, 6.07) is 17.4. The Morgan fingerprint density at radius 1 is 1.09 bits per heavy atom.